The second kappa shape index (κ2) is 4.59. The fourth-order valence-corrected chi connectivity index (χ4v) is 1.75. The van der Waals surface area contributed by atoms with Crippen LogP contribution in [0.1, 0.15) is 22.8 Å². The van der Waals surface area contributed by atoms with Gasteiger partial charge in [0.25, 0.3) is 11.8 Å². The molecule has 1 heterocycles. The van der Waals surface area contributed by atoms with Crippen LogP contribution in [-0.4, -0.2) is 18.4 Å². The van der Waals surface area contributed by atoms with Crippen molar-refractivity contribution in [1.82, 2.24) is 5.32 Å². The molecule has 4 nitrogen and oxygen atoms in total. The van der Waals surface area contributed by atoms with Gasteiger partial charge in [-0.15, -0.1) is 0 Å². The highest BCUT2D eigenvalue weighted by atomic mass is 35.5. The number of rotatable bonds is 2. The Balaban J connectivity index is 2.56. The summed E-state index contributed by atoms with van der Waals surface area (Å²) in [6.07, 6.45) is 1.34. The van der Waals surface area contributed by atoms with Crippen molar-refractivity contribution in [3.63, 3.8) is 0 Å². The molecule has 2 amide bonds. The average molecular weight is 252 g/mol. The van der Waals surface area contributed by atoms with Gasteiger partial charge in [0, 0.05) is 16.1 Å². The highest BCUT2D eigenvalue weighted by Crippen LogP contribution is 2.26. The van der Waals surface area contributed by atoms with Crippen LogP contribution in [0.2, 0.25) is 5.02 Å². The molecule has 0 unspecified atom stereocenters. The first-order chi connectivity index (χ1) is 8.13. The molecule has 0 bridgehead atoms. The van der Waals surface area contributed by atoms with Gasteiger partial charge in [-0.25, -0.2) is 0 Å². The number of amides is 2. The zero-order valence-electron chi connectivity index (χ0n) is 9.12. The number of carbonyl (C=O) groups is 2. The van der Waals surface area contributed by atoms with Gasteiger partial charge in [-0.1, -0.05) is 11.6 Å². The molecule has 1 aromatic carbocycles. The second-order valence-corrected chi connectivity index (χ2v) is 3.90. The number of ether oxygens (including phenoxy) is 1. The van der Waals surface area contributed by atoms with Crippen molar-refractivity contribution in [3.8, 4) is 0 Å². The van der Waals surface area contributed by atoms with Crippen LogP contribution in [0.25, 0.3) is 5.57 Å². The zero-order valence-corrected chi connectivity index (χ0v) is 9.88. The van der Waals surface area contributed by atoms with Gasteiger partial charge in [-0.3, -0.25) is 14.9 Å². The molecule has 1 aliphatic heterocycles. The molecule has 0 aromatic heterocycles. The van der Waals surface area contributed by atoms with Crippen molar-refractivity contribution in [2.24, 2.45) is 0 Å². The Bertz CT molecular complexity index is 522. The molecular formula is C12H10ClNO3. The minimum Gasteiger partial charge on any atom is -0.501 e. The first kappa shape index (κ1) is 11.7. The van der Waals surface area contributed by atoms with E-state index in [1.807, 2.05) is 6.92 Å². The van der Waals surface area contributed by atoms with Gasteiger partial charge in [-0.05, 0) is 25.1 Å². The van der Waals surface area contributed by atoms with Gasteiger partial charge in [0.15, 0.2) is 0 Å². The molecular weight excluding hydrogens is 242 g/mol. The molecule has 0 atom stereocenters. The number of carbonyl (C=O) groups excluding carboxylic acids is 2. The molecule has 88 valence electrons. The molecule has 1 aromatic rings. The first-order valence-electron chi connectivity index (χ1n) is 5.11. The van der Waals surface area contributed by atoms with Gasteiger partial charge in [-0.2, -0.15) is 0 Å². The number of fused-ring (bicyclic) bond motifs is 1. The van der Waals surface area contributed by atoms with Crippen molar-refractivity contribution in [1.29, 1.82) is 0 Å². The molecule has 0 aliphatic carbocycles. The smallest absolute Gasteiger partial charge is 0.261 e. The predicted octanol–water partition coefficient (Wildman–Crippen LogP) is 1.99. The van der Waals surface area contributed by atoms with Crippen LogP contribution in [0.3, 0.4) is 0 Å². The largest absolute Gasteiger partial charge is 0.501 e. The van der Waals surface area contributed by atoms with E-state index in [9.17, 15) is 9.59 Å². The number of hydrogen-bond acceptors (Lipinski definition) is 3. The second-order valence-electron chi connectivity index (χ2n) is 3.46. The fraction of sp³-hybridized carbons (Fsp3) is 0.167. The minimum absolute atomic E-state index is 0.309. The van der Waals surface area contributed by atoms with Gasteiger partial charge in [0.05, 0.1) is 18.4 Å². The maximum atomic E-state index is 11.7. The van der Waals surface area contributed by atoms with Crippen molar-refractivity contribution in [2.75, 3.05) is 6.61 Å². The maximum absolute atomic E-state index is 11.7. The van der Waals surface area contributed by atoms with E-state index in [0.717, 1.165) is 0 Å². The van der Waals surface area contributed by atoms with Crippen molar-refractivity contribution >= 4 is 29.0 Å². The van der Waals surface area contributed by atoms with E-state index < -0.39 is 11.8 Å². The van der Waals surface area contributed by atoms with E-state index in [4.69, 9.17) is 16.3 Å². The number of nitrogens with one attached hydrogen (secondary N) is 1. The quantitative estimate of drug-likeness (QED) is 0.497. The Morgan fingerprint density at radius 1 is 1.29 bits per heavy atom. The van der Waals surface area contributed by atoms with Crippen molar-refractivity contribution in [2.45, 2.75) is 6.92 Å². The molecule has 2 rings (SSSR count). The van der Waals surface area contributed by atoms with E-state index >= 15 is 0 Å². The summed E-state index contributed by atoms with van der Waals surface area (Å²) < 4.78 is 5.10. The molecule has 1 aliphatic rings. The monoisotopic (exact) mass is 251 g/mol. The van der Waals surface area contributed by atoms with E-state index in [1.54, 1.807) is 18.2 Å². The van der Waals surface area contributed by atoms with Crippen LogP contribution in [0, 0.1) is 0 Å². The van der Waals surface area contributed by atoms with Crippen molar-refractivity contribution in [3.05, 3.63) is 40.6 Å². The summed E-state index contributed by atoms with van der Waals surface area (Å²) >= 11 is 5.86. The number of benzene rings is 1. The number of imide groups is 1. The van der Waals surface area contributed by atoms with Crippen LogP contribution >= 0.6 is 11.6 Å². The van der Waals surface area contributed by atoms with Crippen LogP contribution in [0.5, 0.6) is 0 Å². The summed E-state index contributed by atoms with van der Waals surface area (Å²) in [5, 5.41) is 2.71. The number of hydrogen-bond donors (Lipinski definition) is 1. The fourth-order valence-electron chi connectivity index (χ4n) is 1.58. The molecule has 0 saturated carbocycles. The van der Waals surface area contributed by atoms with E-state index in [-0.39, 0.29) is 0 Å². The summed E-state index contributed by atoms with van der Waals surface area (Å²) in [7, 11) is 0. The van der Waals surface area contributed by atoms with Gasteiger partial charge in [0.1, 0.15) is 0 Å². The Morgan fingerprint density at radius 2 is 2.06 bits per heavy atom. The molecule has 0 radical (unpaired) electrons. The van der Waals surface area contributed by atoms with Crippen LogP contribution in [0.15, 0.2) is 24.5 Å². The lowest BCUT2D eigenvalue weighted by atomic mass is 9.96. The normalized spacial score (nSPS) is 16.7. The third-order valence-corrected chi connectivity index (χ3v) is 2.59. The molecule has 0 fully saturated rings. The van der Waals surface area contributed by atoms with E-state index in [1.165, 1.54) is 6.26 Å². The summed E-state index contributed by atoms with van der Waals surface area (Å²) in [5.74, 6) is -0.895. The Labute approximate surface area is 103 Å². The third-order valence-electron chi connectivity index (χ3n) is 2.36. The Morgan fingerprint density at radius 3 is 2.76 bits per heavy atom. The zero-order chi connectivity index (χ0) is 12.4. The minimum atomic E-state index is -0.474. The Kier molecular flexibility index (Phi) is 3.15. The van der Waals surface area contributed by atoms with Gasteiger partial charge in [0.2, 0.25) is 0 Å². The summed E-state index contributed by atoms with van der Waals surface area (Å²) in [5.41, 5.74) is 1.23. The summed E-state index contributed by atoms with van der Waals surface area (Å²) in [4.78, 5) is 23.2. The lowest BCUT2D eigenvalue weighted by molar-refractivity contribution is -0.114. The predicted molar refractivity (Wildman–Crippen MR) is 63.5 cm³/mol. The molecule has 1 N–H and O–H groups in total. The molecule has 0 spiro atoms. The van der Waals surface area contributed by atoms with Crippen molar-refractivity contribution < 1.29 is 14.3 Å². The van der Waals surface area contributed by atoms with Gasteiger partial charge < -0.3 is 4.74 Å². The maximum Gasteiger partial charge on any atom is 0.261 e. The van der Waals surface area contributed by atoms with Gasteiger partial charge >= 0.3 is 0 Å². The van der Waals surface area contributed by atoms with Crippen LogP contribution < -0.4 is 5.32 Å². The molecule has 17 heavy (non-hydrogen) atoms. The topological polar surface area (TPSA) is 55.4 Å². The molecule has 0 saturated heterocycles. The Hall–Kier alpha value is -1.81. The lowest BCUT2D eigenvalue weighted by Crippen LogP contribution is -2.36. The third kappa shape index (κ3) is 2.17. The molecule has 5 heteroatoms. The highest BCUT2D eigenvalue weighted by Gasteiger charge is 2.27. The van der Waals surface area contributed by atoms with Crippen LogP contribution in [0.4, 0.5) is 0 Å². The average Bonchev–Trinajstić information content (AvgIpc) is 2.28. The summed E-state index contributed by atoms with van der Waals surface area (Å²) in [6, 6.07) is 4.77. The van der Waals surface area contributed by atoms with Crippen LogP contribution in [-0.2, 0) is 9.53 Å². The summed E-state index contributed by atoms with van der Waals surface area (Å²) in [6.45, 7) is 2.25. The SMILES string of the molecule is CCO/C=C1\C(=O)NC(=O)c2ccc(Cl)cc21. The standard InChI is InChI=1S/C12H10ClNO3/c1-2-17-6-10-9-5-7(13)3-4-8(9)11(15)14-12(10)16/h3-6H,2H2,1H3,(H,14,15,16)/b10-6-. The highest BCUT2D eigenvalue weighted by molar-refractivity contribution is 6.34. The van der Waals surface area contributed by atoms with E-state index in [2.05, 4.69) is 5.32 Å². The lowest BCUT2D eigenvalue weighted by Gasteiger charge is -2.18. The number of halogens is 1. The first-order valence-corrected chi connectivity index (χ1v) is 5.48. The van der Waals surface area contributed by atoms with E-state index in [0.29, 0.717) is 28.3 Å².